The molecule has 14 heavy (non-hydrogen) atoms. The van der Waals surface area contributed by atoms with E-state index in [9.17, 15) is 9.59 Å². The Hall–Kier alpha value is -1.10. The lowest BCUT2D eigenvalue weighted by atomic mass is 10.0. The number of amides is 2. The maximum absolute atomic E-state index is 11.5. The van der Waals surface area contributed by atoms with Gasteiger partial charge >= 0.3 is 11.8 Å². The van der Waals surface area contributed by atoms with Gasteiger partial charge in [0.15, 0.2) is 0 Å². The average molecular weight is 199 g/mol. The summed E-state index contributed by atoms with van der Waals surface area (Å²) in [4.78, 5) is 24.2. The van der Waals surface area contributed by atoms with Crippen molar-refractivity contribution < 1.29 is 9.59 Å². The summed E-state index contributed by atoms with van der Waals surface area (Å²) in [6, 6.07) is 0.0729. The highest BCUT2D eigenvalue weighted by Crippen LogP contribution is 2.13. The van der Waals surface area contributed by atoms with Crippen molar-refractivity contribution in [3.8, 4) is 0 Å². The Balaban J connectivity index is 2.76. The second kappa shape index (κ2) is 4.41. The van der Waals surface area contributed by atoms with Gasteiger partial charge in [-0.05, 0) is 5.92 Å². The van der Waals surface area contributed by atoms with Crippen molar-refractivity contribution in [3.63, 3.8) is 0 Å². The Labute approximate surface area is 83.6 Å². The van der Waals surface area contributed by atoms with Crippen molar-refractivity contribution in [2.75, 3.05) is 19.6 Å². The zero-order valence-electron chi connectivity index (χ0n) is 8.62. The van der Waals surface area contributed by atoms with Crippen LogP contribution in [0, 0.1) is 5.92 Å². The molecule has 3 N–H and O–H groups in total. The van der Waals surface area contributed by atoms with Crippen LogP contribution in [0.15, 0.2) is 0 Å². The third-order valence-electron chi connectivity index (χ3n) is 2.47. The normalized spacial score (nSPS) is 22.9. The van der Waals surface area contributed by atoms with Gasteiger partial charge in [0.2, 0.25) is 0 Å². The van der Waals surface area contributed by atoms with E-state index in [1.165, 1.54) is 0 Å². The van der Waals surface area contributed by atoms with Crippen LogP contribution in [0.2, 0.25) is 0 Å². The fraction of sp³-hybridized carbons (Fsp3) is 0.778. The van der Waals surface area contributed by atoms with Gasteiger partial charge in [-0.3, -0.25) is 9.59 Å². The van der Waals surface area contributed by atoms with Gasteiger partial charge in [0.25, 0.3) is 0 Å². The van der Waals surface area contributed by atoms with E-state index in [1.807, 2.05) is 13.8 Å². The number of rotatable bonds is 3. The monoisotopic (exact) mass is 199 g/mol. The van der Waals surface area contributed by atoms with Crippen LogP contribution >= 0.6 is 0 Å². The van der Waals surface area contributed by atoms with Crippen molar-refractivity contribution >= 4 is 11.8 Å². The van der Waals surface area contributed by atoms with Crippen LogP contribution in [0.1, 0.15) is 13.8 Å². The fourth-order valence-corrected chi connectivity index (χ4v) is 1.67. The Bertz CT molecular complexity index is 240. The molecule has 1 aliphatic heterocycles. The quantitative estimate of drug-likeness (QED) is 0.568. The highest BCUT2D eigenvalue weighted by Gasteiger charge is 2.34. The summed E-state index contributed by atoms with van der Waals surface area (Å²) in [7, 11) is 0. The molecule has 0 aromatic rings. The first-order valence-corrected chi connectivity index (χ1v) is 4.86. The molecule has 0 saturated carbocycles. The molecule has 0 spiro atoms. The van der Waals surface area contributed by atoms with Crippen LogP contribution in [0.4, 0.5) is 0 Å². The minimum Gasteiger partial charge on any atom is -0.346 e. The summed E-state index contributed by atoms with van der Waals surface area (Å²) in [6.07, 6.45) is 0. The largest absolute Gasteiger partial charge is 0.346 e. The number of hydrogen-bond donors (Lipinski definition) is 2. The van der Waals surface area contributed by atoms with Gasteiger partial charge in [0.05, 0.1) is 6.04 Å². The Morgan fingerprint density at radius 3 is 2.71 bits per heavy atom. The van der Waals surface area contributed by atoms with Crippen LogP contribution in [0.3, 0.4) is 0 Å². The molecule has 0 aromatic heterocycles. The minimum atomic E-state index is -0.518. The molecule has 5 heteroatoms. The lowest BCUT2D eigenvalue weighted by Gasteiger charge is -2.37. The highest BCUT2D eigenvalue weighted by atomic mass is 16.2. The number of hydrogen-bond acceptors (Lipinski definition) is 3. The molecule has 1 rings (SSSR count). The van der Waals surface area contributed by atoms with Crippen LogP contribution < -0.4 is 11.1 Å². The Morgan fingerprint density at radius 1 is 1.57 bits per heavy atom. The minimum absolute atomic E-state index is 0.0729. The third-order valence-corrected chi connectivity index (χ3v) is 2.47. The van der Waals surface area contributed by atoms with E-state index in [0.29, 0.717) is 25.6 Å². The van der Waals surface area contributed by atoms with Gasteiger partial charge in [0, 0.05) is 19.6 Å². The van der Waals surface area contributed by atoms with Gasteiger partial charge in [-0.2, -0.15) is 0 Å². The molecule has 80 valence electrons. The summed E-state index contributed by atoms with van der Waals surface area (Å²) in [5, 5.41) is 2.58. The van der Waals surface area contributed by atoms with Gasteiger partial charge in [-0.25, -0.2) is 0 Å². The first-order valence-electron chi connectivity index (χ1n) is 4.86. The summed E-state index contributed by atoms with van der Waals surface area (Å²) in [6.45, 7) is 5.43. The van der Waals surface area contributed by atoms with Crippen LogP contribution in [-0.4, -0.2) is 42.4 Å². The van der Waals surface area contributed by atoms with E-state index in [1.54, 1.807) is 4.90 Å². The first-order chi connectivity index (χ1) is 6.57. The number of nitrogens with one attached hydrogen (secondary N) is 1. The molecule has 0 aliphatic carbocycles. The van der Waals surface area contributed by atoms with E-state index in [4.69, 9.17) is 5.73 Å². The highest BCUT2D eigenvalue weighted by molar-refractivity contribution is 6.35. The van der Waals surface area contributed by atoms with Crippen LogP contribution in [0.5, 0.6) is 0 Å². The molecular weight excluding hydrogens is 182 g/mol. The first kappa shape index (κ1) is 11.0. The average Bonchev–Trinajstić information content (AvgIpc) is 2.13. The van der Waals surface area contributed by atoms with Crippen molar-refractivity contribution in [2.45, 2.75) is 19.9 Å². The van der Waals surface area contributed by atoms with Crippen molar-refractivity contribution in [3.05, 3.63) is 0 Å². The summed E-state index contributed by atoms with van der Waals surface area (Å²) >= 11 is 0. The molecular formula is C9H17N3O2. The predicted octanol–water partition coefficient (Wildman–Crippen LogP) is -1.07. The standard InChI is InChI=1S/C9H17N3O2/c1-6(2)7-5-11-8(13)9(14)12(7)4-3-10/h6-7H,3-5,10H2,1-2H3,(H,11,13). The number of nitrogens with two attached hydrogens (primary N) is 1. The number of piperazine rings is 1. The summed E-state index contributed by atoms with van der Waals surface area (Å²) in [5.74, 6) is -0.651. The molecule has 1 saturated heterocycles. The zero-order valence-corrected chi connectivity index (χ0v) is 8.62. The molecule has 1 unspecified atom stereocenters. The van der Waals surface area contributed by atoms with Crippen molar-refractivity contribution in [1.82, 2.24) is 10.2 Å². The second-order valence-electron chi connectivity index (χ2n) is 3.81. The van der Waals surface area contributed by atoms with E-state index < -0.39 is 11.8 Å². The van der Waals surface area contributed by atoms with Gasteiger partial charge in [-0.15, -0.1) is 0 Å². The lowest BCUT2D eigenvalue weighted by molar-refractivity contribution is -0.151. The van der Waals surface area contributed by atoms with Crippen molar-refractivity contribution in [1.29, 1.82) is 0 Å². The van der Waals surface area contributed by atoms with Crippen molar-refractivity contribution in [2.24, 2.45) is 11.7 Å². The zero-order chi connectivity index (χ0) is 10.7. The molecule has 1 heterocycles. The number of carbonyl (C=O) groups is 2. The fourth-order valence-electron chi connectivity index (χ4n) is 1.67. The number of nitrogens with zero attached hydrogens (tertiary/aromatic N) is 1. The topological polar surface area (TPSA) is 75.4 Å². The SMILES string of the molecule is CC(C)C1CNC(=O)C(=O)N1CCN. The Morgan fingerprint density at radius 2 is 2.21 bits per heavy atom. The third kappa shape index (κ3) is 2.04. The lowest BCUT2D eigenvalue weighted by Crippen LogP contribution is -2.60. The molecule has 0 bridgehead atoms. The van der Waals surface area contributed by atoms with E-state index in [0.717, 1.165) is 0 Å². The van der Waals surface area contributed by atoms with Gasteiger partial charge < -0.3 is 16.0 Å². The summed E-state index contributed by atoms with van der Waals surface area (Å²) < 4.78 is 0. The molecule has 0 radical (unpaired) electrons. The molecule has 0 aromatic carbocycles. The molecule has 1 aliphatic rings. The molecule has 1 fully saturated rings. The molecule has 2 amide bonds. The van der Waals surface area contributed by atoms with Crippen LogP contribution in [0.25, 0.3) is 0 Å². The number of carbonyl (C=O) groups excluding carboxylic acids is 2. The predicted molar refractivity (Wildman–Crippen MR) is 52.4 cm³/mol. The van der Waals surface area contributed by atoms with E-state index >= 15 is 0 Å². The maximum atomic E-state index is 11.5. The maximum Gasteiger partial charge on any atom is 0.312 e. The molecule has 5 nitrogen and oxygen atoms in total. The van der Waals surface area contributed by atoms with E-state index in [-0.39, 0.29) is 6.04 Å². The molecule has 1 atom stereocenters. The van der Waals surface area contributed by atoms with Gasteiger partial charge in [0.1, 0.15) is 0 Å². The van der Waals surface area contributed by atoms with E-state index in [2.05, 4.69) is 5.32 Å². The Kier molecular flexibility index (Phi) is 3.46. The summed E-state index contributed by atoms with van der Waals surface area (Å²) in [5.41, 5.74) is 5.40. The van der Waals surface area contributed by atoms with Crippen LogP contribution in [-0.2, 0) is 9.59 Å². The smallest absolute Gasteiger partial charge is 0.312 e. The van der Waals surface area contributed by atoms with Gasteiger partial charge in [-0.1, -0.05) is 13.8 Å². The second-order valence-corrected chi connectivity index (χ2v) is 3.81.